The molecule has 0 radical (unpaired) electrons. The Bertz CT molecular complexity index is 434. The van der Waals surface area contributed by atoms with Crippen LogP contribution in [0.25, 0.3) is 0 Å². The number of rotatable bonds is 6. The Balaban J connectivity index is 2.22. The maximum absolute atomic E-state index is 12.0. The van der Waals surface area contributed by atoms with Crippen molar-refractivity contribution in [2.24, 2.45) is 0 Å². The maximum Gasteiger partial charge on any atom is 0.416 e. The highest BCUT2D eigenvalue weighted by Gasteiger charge is 2.38. The van der Waals surface area contributed by atoms with E-state index in [1.807, 2.05) is 31.2 Å². The van der Waals surface area contributed by atoms with Crippen LogP contribution < -0.4 is 5.32 Å². The lowest BCUT2D eigenvalue weighted by molar-refractivity contribution is -0.201. The van der Waals surface area contributed by atoms with Gasteiger partial charge in [0.15, 0.2) is 6.10 Å². The second-order valence-electron chi connectivity index (χ2n) is 4.34. The van der Waals surface area contributed by atoms with E-state index >= 15 is 0 Å². The van der Waals surface area contributed by atoms with Crippen molar-refractivity contribution in [2.45, 2.75) is 25.0 Å². The van der Waals surface area contributed by atoms with Crippen LogP contribution in [0.15, 0.2) is 24.3 Å². The van der Waals surface area contributed by atoms with Crippen molar-refractivity contribution in [3.63, 3.8) is 0 Å². The van der Waals surface area contributed by atoms with E-state index in [0.717, 1.165) is 11.1 Å². The largest absolute Gasteiger partial charge is 0.416 e. The molecule has 0 bridgehead atoms. The van der Waals surface area contributed by atoms with E-state index in [0.29, 0.717) is 5.75 Å². The molecule has 0 aliphatic rings. The van der Waals surface area contributed by atoms with Crippen LogP contribution in [0.2, 0.25) is 0 Å². The molecule has 112 valence electrons. The Morgan fingerprint density at radius 2 is 1.95 bits per heavy atom. The van der Waals surface area contributed by atoms with Gasteiger partial charge in [0, 0.05) is 5.75 Å². The number of aryl methyl sites for hydroxylation is 1. The first-order valence-electron chi connectivity index (χ1n) is 5.94. The van der Waals surface area contributed by atoms with Gasteiger partial charge in [0.25, 0.3) is 0 Å². The number of hydrogen-bond acceptors (Lipinski definition) is 3. The number of halogens is 3. The van der Waals surface area contributed by atoms with Crippen LogP contribution in [0.4, 0.5) is 13.2 Å². The molecule has 0 fully saturated rings. The van der Waals surface area contributed by atoms with Crippen molar-refractivity contribution in [2.75, 3.05) is 12.3 Å². The minimum Gasteiger partial charge on any atom is -0.382 e. The standard InChI is InChI=1S/C13H16F3NO2S/c1-9-2-4-10(5-3-9)7-20-8-12(19)17-6-11(18)13(14,15)16/h2-5,11,18H,6-8H2,1H3,(H,17,19). The van der Waals surface area contributed by atoms with Crippen LogP contribution in [0.1, 0.15) is 11.1 Å². The van der Waals surface area contributed by atoms with Gasteiger partial charge in [-0.3, -0.25) is 4.79 Å². The average Bonchev–Trinajstić information content (AvgIpc) is 2.37. The zero-order valence-electron chi connectivity index (χ0n) is 10.9. The highest BCUT2D eigenvalue weighted by molar-refractivity contribution is 7.99. The molecule has 0 aliphatic carbocycles. The Labute approximate surface area is 119 Å². The highest BCUT2D eigenvalue weighted by Crippen LogP contribution is 2.19. The molecule has 0 aliphatic heterocycles. The molecule has 1 rings (SSSR count). The summed E-state index contributed by atoms with van der Waals surface area (Å²) in [7, 11) is 0. The Morgan fingerprint density at radius 3 is 2.50 bits per heavy atom. The van der Waals surface area contributed by atoms with Gasteiger partial charge in [-0.25, -0.2) is 0 Å². The van der Waals surface area contributed by atoms with Crippen LogP contribution in [-0.2, 0) is 10.5 Å². The molecule has 1 aromatic carbocycles. The highest BCUT2D eigenvalue weighted by atomic mass is 32.2. The van der Waals surface area contributed by atoms with Crippen molar-refractivity contribution < 1.29 is 23.1 Å². The Kier molecular flexibility index (Phi) is 6.35. The molecule has 1 unspecified atom stereocenters. The molecule has 1 amide bonds. The lowest BCUT2D eigenvalue weighted by Crippen LogP contribution is -2.41. The minimum absolute atomic E-state index is 0.0540. The molecule has 0 spiro atoms. The number of amides is 1. The number of aliphatic hydroxyl groups is 1. The summed E-state index contributed by atoms with van der Waals surface area (Å²) in [5, 5.41) is 10.8. The summed E-state index contributed by atoms with van der Waals surface area (Å²) in [5.41, 5.74) is 2.18. The Morgan fingerprint density at radius 1 is 1.35 bits per heavy atom. The summed E-state index contributed by atoms with van der Waals surface area (Å²) < 4.78 is 36.0. The quantitative estimate of drug-likeness (QED) is 0.847. The lowest BCUT2D eigenvalue weighted by atomic mass is 10.2. The van der Waals surface area contributed by atoms with Crippen LogP contribution in [0.3, 0.4) is 0 Å². The summed E-state index contributed by atoms with van der Waals surface area (Å²) >= 11 is 1.30. The van der Waals surface area contributed by atoms with Crippen molar-refractivity contribution in [1.29, 1.82) is 0 Å². The molecule has 7 heteroatoms. The number of benzene rings is 1. The van der Waals surface area contributed by atoms with Gasteiger partial charge in [0.05, 0.1) is 12.3 Å². The topological polar surface area (TPSA) is 49.3 Å². The minimum atomic E-state index is -4.71. The van der Waals surface area contributed by atoms with Gasteiger partial charge in [-0.1, -0.05) is 29.8 Å². The van der Waals surface area contributed by atoms with E-state index in [-0.39, 0.29) is 5.75 Å². The normalized spacial score (nSPS) is 13.1. The van der Waals surface area contributed by atoms with Crippen molar-refractivity contribution >= 4 is 17.7 Å². The smallest absolute Gasteiger partial charge is 0.382 e. The van der Waals surface area contributed by atoms with Crippen LogP contribution >= 0.6 is 11.8 Å². The summed E-state index contributed by atoms with van der Waals surface area (Å²) in [6.45, 7) is 1.16. The SMILES string of the molecule is Cc1ccc(CSCC(=O)NCC(O)C(F)(F)F)cc1. The predicted molar refractivity (Wildman–Crippen MR) is 72.4 cm³/mol. The van der Waals surface area contributed by atoms with Crippen LogP contribution in [-0.4, -0.2) is 35.6 Å². The van der Waals surface area contributed by atoms with E-state index in [1.54, 1.807) is 0 Å². The first-order chi connectivity index (χ1) is 9.29. The van der Waals surface area contributed by atoms with E-state index in [4.69, 9.17) is 5.11 Å². The average molecular weight is 307 g/mol. The van der Waals surface area contributed by atoms with E-state index in [9.17, 15) is 18.0 Å². The third-order valence-corrected chi connectivity index (χ3v) is 3.50. The van der Waals surface area contributed by atoms with Crippen LogP contribution in [0, 0.1) is 6.92 Å². The van der Waals surface area contributed by atoms with Crippen molar-refractivity contribution in [3.05, 3.63) is 35.4 Å². The molecule has 1 aromatic rings. The van der Waals surface area contributed by atoms with Gasteiger partial charge in [0.2, 0.25) is 5.91 Å². The fourth-order valence-corrected chi connectivity index (χ4v) is 2.14. The maximum atomic E-state index is 12.0. The van der Waals surface area contributed by atoms with Gasteiger partial charge in [0.1, 0.15) is 0 Å². The first-order valence-corrected chi connectivity index (χ1v) is 7.09. The third-order valence-electron chi connectivity index (χ3n) is 2.49. The molecule has 0 aromatic heterocycles. The second kappa shape index (κ2) is 7.54. The number of carbonyl (C=O) groups is 1. The van der Waals surface area contributed by atoms with Crippen molar-refractivity contribution in [3.8, 4) is 0 Å². The van der Waals surface area contributed by atoms with Gasteiger partial charge in [-0.15, -0.1) is 11.8 Å². The molecule has 2 N–H and O–H groups in total. The van der Waals surface area contributed by atoms with Gasteiger partial charge in [-0.2, -0.15) is 13.2 Å². The third kappa shape index (κ3) is 6.29. The summed E-state index contributed by atoms with van der Waals surface area (Å²) in [6.07, 6.45) is -7.23. The monoisotopic (exact) mass is 307 g/mol. The molecular weight excluding hydrogens is 291 g/mol. The van der Waals surface area contributed by atoms with Crippen molar-refractivity contribution in [1.82, 2.24) is 5.32 Å². The number of alkyl halides is 3. The first kappa shape index (κ1) is 16.8. The fourth-order valence-electron chi connectivity index (χ4n) is 1.32. The molecule has 0 saturated heterocycles. The molecule has 1 atom stereocenters. The molecule has 20 heavy (non-hydrogen) atoms. The number of aliphatic hydroxyl groups excluding tert-OH is 1. The zero-order valence-corrected chi connectivity index (χ0v) is 11.7. The zero-order chi connectivity index (χ0) is 15.2. The number of nitrogens with one attached hydrogen (secondary N) is 1. The summed E-state index contributed by atoms with van der Waals surface area (Å²) in [6, 6.07) is 7.78. The summed E-state index contributed by atoms with van der Waals surface area (Å²) in [5.74, 6) is 0.138. The van der Waals surface area contributed by atoms with E-state index < -0.39 is 24.7 Å². The molecular formula is C13H16F3NO2S. The molecule has 0 saturated carbocycles. The Hall–Kier alpha value is -1.21. The van der Waals surface area contributed by atoms with Gasteiger partial charge < -0.3 is 10.4 Å². The number of carbonyl (C=O) groups excluding carboxylic acids is 1. The molecule has 0 heterocycles. The van der Waals surface area contributed by atoms with Crippen LogP contribution in [0.5, 0.6) is 0 Å². The van der Waals surface area contributed by atoms with Gasteiger partial charge >= 0.3 is 6.18 Å². The summed E-state index contributed by atoms with van der Waals surface area (Å²) in [4.78, 5) is 11.3. The predicted octanol–water partition coefficient (Wildman–Crippen LogP) is 2.27. The fraction of sp³-hybridized carbons (Fsp3) is 0.462. The molecule has 3 nitrogen and oxygen atoms in total. The van der Waals surface area contributed by atoms with E-state index in [2.05, 4.69) is 5.32 Å². The van der Waals surface area contributed by atoms with Gasteiger partial charge in [-0.05, 0) is 12.5 Å². The van der Waals surface area contributed by atoms with E-state index in [1.165, 1.54) is 11.8 Å². The second-order valence-corrected chi connectivity index (χ2v) is 5.33. The number of hydrogen-bond donors (Lipinski definition) is 2. The lowest BCUT2D eigenvalue weighted by Gasteiger charge is -2.14. The number of thioether (sulfide) groups is 1.